The minimum absolute atomic E-state index is 0.0909. The van der Waals surface area contributed by atoms with E-state index in [9.17, 15) is 24.0 Å². The Morgan fingerprint density at radius 3 is 1.88 bits per heavy atom. The number of nitrogens with one attached hydrogen (secondary N) is 2. The predicted octanol–water partition coefficient (Wildman–Crippen LogP) is 3.10. The van der Waals surface area contributed by atoms with E-state index < -0.39 is 36.0 Å². The van der Waals surface area contributed by atoms with Crippen molar-refractivity contribution in [3.05, 3.63) is 71.8 Å². The number of hydrogen-bond donors (Lipinski definition) is 3. The fourth-order valence-corrected chi connectivity index (χ4v) is 3.29. The molecule has 11 heteroatoms. The van der Waals surface area contributed by atoms with Gasteiger partial charge in [-0.2, -0.15) is 0 Å². The van der Waals surface area contributed by atoms with Gasteiger partial charge in [-0.15, -0.1) is 0 Å². The van der Waals surface area contributed by atoms with Crippen LogP contribution in [-0.2, 0) is 25.5 Å². The number of ketones is 1. The number of alkyl carbamates (subject to hydrolysis) is 1. The lowest BCUT2D eigenvalue weighted by molar-refractivity contribution is -0.141. The SMILES string of the molecule is C[C@H](NC(=O)[C@H](Cc1ccccc1)NC(=O)OC(=O)c1ccccc1)C(=O)O.O=C(CBr)CBr. The molecule has 2 rings (SSSR count). The number of halogens is 2. The summed E-state index contributed by atoms with van der Waals surface area (Å²) in [5, 5.41) is 14.5. The van der Waals surface area contributed by atoms with E-state index >= 15 is 0 Å². The van der Waals surface area contributed by atoms with E-state index in [1.165, 1.54) is 19.1 Å². The molecule has 34 heavy (non-hydrogen) atoms. The van der Waals surface area contributed by atoms with Crippen molar-refractivity contribution in [1.29, 1.82) is 0 Å². The first-order valence-electron chi connectivity index (χ1n) is 9.96. The average Bonchev–Trinajstić information content (AvgIpc) is 2.84. The number of ether oxygens (including phenoxy) is 1. The van der Waals surface area contributed by atoms with Gasteiger partial charge in [-0.25, -0.2) is 9.59 Å². The number of carboxylic acid groups (broad SMARTS) is 1. The third-order valence-corrected chi connectivity index (χ3v) is 5.36. The molecule has 9 nitrogen and oxygen atoms in total. The first-order valence-corrected chi connectivity index (χ1v) is 12.2. The Hall–Kier alpha value is -3.05. The van der Waals surface area contributed by atoms with Crippen molar-refractivity contribution < 1.29 is 33.8 Å². The first kappa shape index (κ1) is 29.0. The maximum atomic E-state index is 12.4. The summed E-state index contributed by atoms with van der Waals surface area (Å²) in [7, 11) is 0. The zero-order chi connectivity index (χ0) is 25.5. The lowest BCUT2D eigenvalue weighted by Crippen LogP contribution is -2.52. The van der Waals surface area contributed by atoms with Crippen LogP contribution in [0.2, 0.25) is 0 Å². The minimum Gasteiger partial charge on any atom is -0.480 e. The van der Waals surface area contributed by atoms with Crippen LogP contribution in [0.15, 0.2) is 60.7 Å². The Bertz CT molecular complexity index is 966. The molecule has 2 atom stereocenters. The van der Waals surface area contributed by atoms with E-state index in [2.05, 4.69) is 42.5 Å². The highest BCUT2D eigenvalue weighted by Gasteiger charge is 2.26. The molecular weight excluding hydrogens is 576 g/mol. The number of alkyl halides is 2. The lowest BCUT2D eigenvalue weighted by Gasteiger charge is -2.19. The molecule has 0 spiro atoms. The van der Waals surface area contributed by atoms with Crippen LogP contribution in [0.3, 0.4) is 0 Å². The Labute approximate surface area is 213 Å². The number of esters is 1. The lowest BCUT2D eigenvalue weighted by atomic mass is 10.1. The quantitative estimate of drug-likeness (QED) is 0.229. The Balaban J connectivity index is 0.000000852. The predicted molar refractivity (Wildman–Crippen MR) is 132 cm³/mol. The van der Waals surface area contributed by atoms with Gasteiger partial charge in [-0.3, -0.25) is 14.4 Å². The van der Waals surface area contributed by atoms with Crippen molar-refractivity contribution in [3.8, 4) is 0 Å². The summed E-state index contributed by atoms with van der Waals surface area (Å²) < 4.78 is 4.72. The fourth-order valence-electron chi connectivity index (χ4n) is 2.36. The molecule has 0 aromatic heterocycles. The van der Waals surface area contributed by atoms with Gasteiger partial charge in [0.1, 0.15) is 12.1 Å². The summed E-state index contributed by atoms with van der Waals surface area (Å²) in [5.74, 6) is -2.61. The van der Waals surface area contributed by atoms with Gasteiger partial charge >= 0.3 is 18.0 Å². The van der Waals surface area contributed by atoms with E-state index in [1.807, 2.05) is 0 Å². The van der Waals surface area contributed by atoms with Gasteiger partial charge in [0.25, 0.3) is 0 Å². The monoisotopic (exact) mass is 598 g/mol. The summed E-state index contributed by atoms with van der Waals surface area (Å²) in [6, 6.07) is 14.5. The largest absolute Gasteiger partial charge is 0.480 e. The number of carboxylic acids is 1. The molecule has 0 saturated carbocycles. The first-order chi connectivity index (χ1) is 16.2. The van der Waals surface area contributed by atoms with Crippen LogP contribution < -0.4 is 10.6 Å². The maximum Gasteiger partial charge on any atom is 0.415 e. The zero-order valence-corrected chi connectivity index (χ0v) is 21.4. The molecular formula is C23H24Br2N2O7. The summed E-state index contributed by atoms with van der Waals surface area (Å²) in [5.41, 5.74) is 0.918. The topological polar surface area (TPSA) is 139 Å². The number of Topliss-reactive ketones (excluding diaryl/α,β-unsaturated/α-hetero) is 1. The molecule has 0 saturated heterocycles. The van der Waals surface area contributed by atoms with E-state index in [0.29, 0.717) is 10.7 Å². The summed E-state index contributed by atoms with van der Waals surface area (Å²) in [6.45, 7) is 1.30. The number of hydrogen-bond acceptors (Lipinski definition) is 6. The third kappa shape index (κ3) is 11.2. The summed E-state index contributed by atoms with van der Waals surface area (Å²) in [4.78, 5) is 57.6. The second kappa shape index (κ2) is 15.7. The third-order valence-electron chi connectivity index (χ3n) is 4.11. The van der Waals surface area contributed by atoms with Crippen LogP contribution in [0.1, 0.15) is 22.8 Å². The Kier molecular flexibility index (Phi) is 13.4. The van der Waals surface area contributed by atoms with Gasteiger partial charge in [0.15, 0.2) is 5.78 Å². The number of amides is 2. The van der Waals surface area contributed by atoms with Gasteiger partial charge in [0, 0.05) is 6.42 Å². The molecule has 0 heterocycles. The second-order valence-electron chi connectivity index (χ2n) is 6.80. The molecule has 2 amide bonds. The van der Waals surface area contributed by atoms with E-state index in [4.69, 9.17) is 9.84 Å². The van der Waals surface area contributed by atoms with Crippen molar-refractivity contribution in [2.45, 2.75) is 25.4 Å². The molecule has 0 radical (unpaired) electrons. The fraction of sp³-hybridized carbons (Fsp3) is 0.261. The highest BCUT2D eigenvalue weighted by atomic mass is 79.9. The Morgan fingerprint density at radius 1 is 0.882 bits per heavy atom. The molecule has 182 valence electrons. The smallest absolute Gasteiger partial charge is 0.415 e. The van der Waals surface area contributed by atoms with Crippen LogP contribution in [0.4, 0.5) is 4.79 Å². The zero-order valence-electron chi connectivity index (χ0n) is 18.2. The molecule has 2 aromatic carbocycles. The van der Waals surface area contributed by atoms with Crippen molar-refractivity contribution in [1.82, 2.24) is 10.6 Å². The van der Waals surface area contributed by atoms with Gasteiger partial charge in [-0.05, 0) is 24.6 Å². The van der Waals surface area contributed by atoms with E-state index in [0.717, 1.165) is 5.56 Å². The van der Waals surface area contributed by atoms with Gasteiger partial charge in [0.2, 0.25) is 5.91 Å². The highest BCUT2D eigenvalue weighted by molar-refractivity contribution is 9.10. The molecule has 0 aliphatic carbocycles. The van der Waals surface area contributed by atoms with Gasteiger partial charge in [0.05, 0.1) is 16.2 Å². The van der Waals surface area contributed by atoms with Gasteiger partial charge < -0.3 is 20.5 Å². The minimum atomic E-state index is -1.21. The van der Waals surface area contributed by atoms with E-state index in [1.54, 1.807) is 48.5 Å². The van der Waals surface area contributed by atoms with E-state index in [-0.39, 0.29) is 17.8 Å². The summed E-state index contributed by atoms with van der Waals surface area (Å²) >= 11 is 5.99. The van der Waals surface area contributed by atoms with Crippen molar-refractivity contribution in [2.24, 2.45) is 0 Å². The van der Waals surface area contributed by atoms with Crippen molar-refractivity contribution in [2.75, 3.05) is 10.7 Å². The number of carbonyl (C=O) groups is 5. The average molecular weight is 600 g/mol. The molecule has 3 N–H and O–H groups in total. The highest BCUT2D eigenvalue weighted by Crippen LogP contribution is 2.06. The normalized spacial score (nSPS) is 11.6. The second-order valence-corrected chi connectivity index (χ2v) is 7.93. The molecule has 0 unspecified atom stereocenters. The molecule has 2 aromatic rings. The number of benzene rings is 2. The summed E-state index contributed by atoms with van der Waals surface area (Å²) in [6.07, 6.45) is -1.01. The molecule has 0 fully saturated rings. The van der Waals surface area contributed by atoms with Crippen LogP contribution in [0.25, 0.3) is 0 Å². The van der Waals surface area contributed by atoms with Crippen LogP contribution in [0, 0.1) is 0 Å². The number of aliphatic carboxylic acids is 1. The molecule has 0 aliphatic rings. The van der Waals surface area contributed by atoms with Crippen LogP contribution >= 0.6 is 31.9 Å². The standard InChI is InChI=1S/C20H20N2O6.C3H4Br2O/c1-13(18(24)25)21-17(23)16(12-14-8-4-2-5-9-14)22-20(27)28-19(26)15-10-6-3-7-11-15;4-1-3(6)2-5/h2-11,13,16H,12H2,1H3,(H,21,23)(H,22,27)(H,24,25);1-2H2/t13-,16-;/m0./s1. The van der Waals surface area contributed by atoms with Crippen LogP contribution in [-0.4, -0.2) is 57.6 Å². The van der Waals surface area contributed by atoms with Crippen LogP contribution in [0.5, 0.6) is 0 Å². The maximum absolute atomic E-state index is 12.4. The van der Waals surface area contributed by atoms with Crippen molar-refractivity contribution >= 4 is 61.6 Å². The molecule has 0 aliphatic heterocycles. The Morgan fingerprint density at radius 2 is 1.41 bits per heavy atom. The van der Waals surface area contributed by atoms with Gasteiger partial charge in [-0.1, -0.05) is 80.4 Å². The number of carbonyl (C=O) groups excluding carboxylic acids is 4. The number of rotatable bonds is 9. The molecule has 0 bridgehead atoms. The van der Waals surface area contributed by atoms with Crippen molar-refractivity contribution in [3.63, 3.8) is 0 Å².